The van der Waals surface area contributed by atoms with Crippen LogP contribution < -0.4 is 5.73 Å². The quantitative estimate of drug-likeness (QED) is 0.399. The molecule has 0 amide bonds. The number of thioether (sulfide) groups is 1. The van der Waals surface area contributed by atoms with Gasteiger partial charge >= 0.3 is 5.97 Å². The predicted octanol–water partition coefficient (Wildman–Crippen LogP) is 2.23. The minimum atomic E-state index is -0.459. The highest BCUT2D eigenvalue weighted by atomic mass is 32.2. The number of furan rings is 1. The lowest BCUT2D eigenvalue weighted by molar-refractivity contribution is -0.134. The van der Waals surface area contributed by atoms with Crippen LogP contribution in [0.3, 0.4) is 0 Å². The van der Waals surface area contributed by atoms with Gasteiger partial charge in [-0.05, 0) is 24.5 Å². The first-order valence-electron chi connectivity index (χ1n) is 5.67. The van der Waals surface area contributed by atoms with Crippen molar-refractivity contribution in [1.29, 1.82) is 0 Å². The molecule has 2 N–H and O–H groups in total. The smallest absolute Gasteiger partial charge is 0.330 e. The van der Waals surface area contributed by atoms with Crippen molar-refractivity contribution in [3.8, 4) is 11.5 Å². The predicted molar refractivity (Wildman–Crippen MR) is 77.0 cm³/mol. The maximum Gasteiger partial charge on any atom is 0.330 e. The molecule has 7 heteroatoms. The Hall–Kier alpha value is -2.28. The summed E-state index contributed by atoms with van der Waals surface area (Å²) < 4.78 is 9.92. The summed E-state index contributed by atoms with van der Waals surface area (Å²) in [6, 6.07) is 3.52. The molecule has 0 radical (unpaired) electrons. The molecule has 20 heavy (non-hydrogen) atoms. The SMILES string of the molecule is COC(=O)C=Cc1c(SC)nc(N)nc1-c1ccco1. The minimum Gasteiger partial charge on any atom is -0.466 e. The summed E-state index contributed by atoms with van der Waals surface area (Å²) in [6.07, 6.45) is 6.30. The second-order valence-corrected chi connectivity index (χ2v) is 4.48. The molecular formula is C13H13N3O3S. The molecule has 0 atom stereocenters. The summed E-state index contributed by atoms with van der Waals surface area (Å²) in [5.74, 6) is 0.245. The molecule has 0 aliphatic heterocycles. The zero-order valence-corrected chi connectivity index (χ0v) is 11.8. The van der Waals surface area contributed by atoms with Crippen LogP contribution in [0.2, 0.25) is 0 Å². The number of aromatic nitrogens is 2. The Morgan fingerprint density at radius 1 is 1.50 bits per heavy atom. The summed E-state index contributed by atoms with van der Waals surface area (Å²) in [5.41, 5.74) is 6.89. The fourth-order valence-corrected chi connectivity index (χ4v) is 2.16. The number of nitrogen functional groups attached to an aromatic ring is 1. The van der Waals surface area contributed by atoms with E-state index in [1.54, 1.807) is 24.5 Å². The van der Waals surface area contributed by atoms with E-state index >= 15 is 0 Å². The number of carbonyl (C=O) groups is 1. The van der Waals surface area contributed by atoms with Crippen molar-refractivity contribution < 1.29 is 13.9 Å². The number of rotatable bonds is 4. The molecule has 0 bridgehead atoms. The number of hydrogen-bond acceptors (Lipinski definition) is 7. The number of nitrogens with two attached hydrogens (primary N) is 1. The number of methoxy groups -OCH3 is 1. The lowest BCUT2D eigenvalue weighted by atomic mass is 10.1. The number of carbonyl (C=O) groups excluding carboxylic acids is 1. The zero-order valence-electron chi connectivity index (χ0n) is 11.0. The molecular weight excluding hydrogens is 278 g/mol. The van der Waals surface area contributed by atoms with E-state index in [1.165, 1.54) is 24.9 Å². The van der Waals surface area contributed by atoms with Gasteiger partial charge in [0.05, 0.1) is 13.4 Å². The van der Waals surface area contributed by atoms with Gasteiger partial charge in [0.25, 0.3) is 0 Å². The number of hydrogen-bond donors (Lipinski definition) is 1. The second kappa shape index (κ2) is 6.25. The van der Waals surface area contributed by atoms with E-state index in [9.17, 15) is 4.79 Å². The topological polar surface area (TPSA) is 91.2 Å². The maximum absolute atomic E-state index is 11.2. The molecule has 0 aromatic carbocycles. The van der Waals surface area contributed by atoms with Gasteiger partial charge in [-0.25, -0.2) is 14.8 Å². The molecule has 104 valence electrons. The van der Waals surface area contributed by atoms with Crippen molar-refractivity contribution in [1.82, 2.24) is 9.97 Å². The molecule has 0 saturated carbocycles. The molecule has 2 heterocycles. The van der Waals surface area contributed by atoms with Crippen LogP contribution in [0, 0.1) is 0 Å². The summed E-state index contributed by atoms with van der Waals surface area (Å²) in [6.45, 7) is 0. The third kappa shape index (κ3) is 3.00. The standard InChI is InChI=1S/C13H13N3O3S/c1-18-10(17)6-5-8-11(9-4-3-7-19-9)15-13(14)16-12(8)20-2/h3-7H,1-2H3,(H2,14,15,16). The monoisotopic (exact) mass is 291 g/mol. The molecule has 6 nitrogen and oxygen atoms in total. The lowest BCUT2D eigenvalue weighted by Crippen LogP contribution is -2.02. The third-order valence-corrected chi connectivity index (χ3v) is 3.16. The van der Waals surface area contributed by atoms with E-state index in [-0.39, 0.29) is 5.95 Å². The number of ether oxygens (including phenoxy) is 1. The van der Waals surface area contributed by atoms with Gasteiger partial charge in [-0.15, -0.1) is 11.8 Å². The number of anilines is 1. The van der Waals surface area contributed by atoms with E-state index in [0.29, 0.717) is 22.0 Å². The van der Waals surface area contributed by atoms with Gasteiger partial charge in [-0.1, -0.05) is 0 Å². The highest BCUT2D eigenvalue weighted by Crippen LogP contribution is 2.30. The minimum absolute atomic E-state index is 0.149. The Bertz CT molecular complexity index is 639. The average molecular weight is 291 g/mol. The molecule has 0 fully saturated rings. The van der Waals surface area contributed by atoms with Crippen molar-refractivity contribution >= 4 is 29.8 Å². The van der Waals surface area contributed by atoms with Crippen molar-refractivity contribution in [2.75, 3.05) is 19.1 Å². The van der Waals surface area contributed by atoms with Crippen LogP contribution in [0.4, 0.5) is 5.95 Å². The van der Waals surface area contributed by atoms with E-state index in [0.717, 1.165) is 0 Å². The fraction of sp³-hybridized carbons (Fsp3) is 0.154. The lowest BCUT2D eigenvalue weighted by Gasteiger charge is -2.08. The first-order valence-corrected chi connectivity index (χ1v) is 6.89. The van der Waals surface area contributed by atoms with Crippen LogP contribution >= 0.6 is 11.8 Å². The molecule has 0 spiro atoms. The second-order valence-electron chi connectivity index (χ2n) is 3.69. The molecule has 2 aromatic rings. The summed E-state index contributed by atoms with van der Waals surface area (Å²) in [5, 5.41) is 0.657. The Morgan fingerprint density at radius 3 is 2.90 bits per heavy atom. The van der Waals surface area contributed by atoms with E-state index in [2.05, 4.69) is 14.7 Å². The van der Waals surface area contributed by atoms with Crippen molar-refractivity contribution in [2.24, 2.45) is 0 Å². The molecule has 0 aliphatic carbocycles. The van der Waals surface area contributed by atoms with Crippen molar-refractivity contribution in [3.05, 3.63) is 30.0 Å². The third-order valence-electron chi connectivity index (χ3n) is 2.46. The summed E-state index contributed by atoms with van der Waals surface area (Å²) in [4.78, 5) is 19.6. The van der Waals surface area contributed by atoms with Gasteiger partial charge in [0.1, 0.15) is 10.7 Å². The van der Waals surface area contributed by atoms with Crippen LogP contribution in [-0.4, -0.2) is 29.3 Å². The van der Waals surface area contributed by atoms with Crippen LogP contribution in [0.25, 0.3) is 17.5 Å². The van der Waals surface area contributed by atoms with Gasteiger partial charge in [-0.3, -0.25) is 0 Å². The molecule has 2 rings (SSSR count). The summed E-state index contributed by atoms with van der Waals surface area (Å²) in [7, 11) is 1.31. The highest BCUT2D eigenvalue weighted by molar-refractivity contribution is 7.98. The number of esters is 1. The first kappa shape index (κ1) is 14.1. The zero-order chi connectivity index (χ0) is 14.5. The van der Waals surface area contributed by atoms with Crippen LogP contribution in [0.15, 0.2) is 33.9 Å². The van der Waals surface area contributed by atoms with Gasteiger partial charge in [0.15, 0.2) is 5.76 Å². The largest absolute Gasteiger partial charge is 0.466 e. The van der Waals surface area contributed by atoms with Crippen LogP contribution in [0.1, 0.15) is 5.56 Å². The van der Waals surface area contributed by atoms with E-state index in [4.69, 9.17) is 10.2 Å². The molecule has 0 aliphatic rings. The molecule has 0 unspecified atom stereocenters. The Kier molecular flexibility index (Phi) is 4.41. The van der Waals surface area contributed by atoms with Crippen LogP contribution in [0.5, 0.6) is 0 Å². The maximum atomic E-state index is 11.2. The number of nitrogens with zero attached hydrogens (tertiary/aromatic N) is 2. The van der Waals surface area contributed by atoms with E-state index < -0.39 is 5.97 Å². The van der Waals surface area contributed by atoms with E-state index in [1.807, 2.05) is 6.26 Å². The van der Waals surface area contributed by atoms with Crippen molar-refractivity contribution in [3.63, 3.8) is 0 Å². The first-order chi connectivity index (χ1) is 9.65. The average Bonchev–Trinajstić information content (AvgIpc) is 2.98. The van der Waals surface area contributed by atoms with Gasteiger partial charge in [0, 0.05) is 11.6 Å². The van der Waals surface area contributed by atoms with Crippen LogP contribution in [-0.2, 0) is 9.53 Å². The Balaban J connectivity index is 2.57. The van der Waals surface area contributed by atoms with Gasteiger partial charge in [0.2, 0.25) is 5.95 Å². The Labute approximate surface area is 120 Å². The van der Waals surface area contributed by atoms with Gasteiger partial charge < -0.3 is 14.9 Å². The van der Waals surface area contributed by atoms with Gasteiger partial charge in [-0.2, -0.15) is 0 Å². The summed E-state index contributed by atoms with van der Waals surface area (Å²) >= 11 is 1.40. The van der Waals surface area contributed by atoms with Crippen molar-refractivity contribution in [2.45, 2.75) is 5.03 Å². The fourth-order valence-electron chi connectivity index (χ4n) is 1.59. The highest BCUT2D eigenvalue weighted by Gasteiger charge is 2.15. The normalized spacial score (nSPS) is 10.9. The molecule has 0 saturated heterocycles. The Morgan fingerprint density at radius 2 is 2.30 bits per heavy atom. The molecule has 2 aromatic heterocycles.